The fourth-order valence-electron chi connectivity index (χ4n) is 2.30. The number of ether oxygens (including phenoxy) is 3. The first-order valence-electron chi connectivity index (χ1n) is 6.74. The highest BCUT2D eigenvalue weighted by Crippen LogP contribution is 2.33. The molecule has 0 amide bonds. The van der Waals surface area contributed by atoms with Gasteiger partial charge >= 0.3 is 0 Å². The van der Waals surface area contributed by atoms with E-state index < -0.39 is 11.9 Å². The van der Waals surface area contributed by atoms with Crippen LogP contribution in [0.5, 0.6) is 11.5 Å². The molecule has 0 aliphatic carbocycles. The Kier molecular flexibility index (Phi) is 4.96. The zero-order valence-electron chi connectivity index (χ0n) is 12.4. The lowest BCUT2D eigenvalue weighted by Gasteiger charge is -2.34. The maximum Gasteiger partial charge on any atom is 0.221 e. The van der Waals surface area contributed by atoms with E-state index in [1.807, 2.05) is 48.5 Å². The Balaban J connectivity index is 2.32. The Hall–Kier alpha value is -1.88. The van der Waals surface area contributed by atoms with E-state index in [0.29, 0.717) is 11.3 Å². The van der Waals surface area contributed by atoms with Crippen LogP contribution in [0.15, 0.2) is 54.6 Å². The van der Waals surface area contributed by atoms with E-state index in [2.05, 4.69) is 0 Å². The molecule has 0 aliphatic heterocycles. The molecule has 0 heterocycles. The number of rotatable bonds is 6. The molecule has 0 bridgehead atoms. The zero-order valence-corrected chi connectivity index (χ0v) is 12.4. The van der Waals surface area contributed by atoms with Gasteiger partial charge in [-0.1, -0.05) is 30.3 Å². The lowest BCUT2D eigenvalue weighted by molar-refractivity contribution is -0.264. The van der Waals surface area contributed by atoms with E-state index in [1.165, 1.54) is 14.2 Å². The second-order valence-electron chi connectivity index (χ2n) is 4.69. The van der Waals surface area contributed by atoms with Gasteiger partial charge in [-0.05, 0) is 31.2 Å². The Morgan fingerprint density at radius 3 is 2.10 bits per heavy atom. The molecular formula is C17H20O4. The molecule has 21 heavy (non-hydrogen) atoms. The molecule has 2 aromatic rings. The van der Waals surface area contributed by atoms with Crippen LogP contribution >= 0.6 is 0 Å². The Labute approximate surface area is 124 Å². The van der Waals surface area contributed by atoms with Crippen molar-refractivity contribution < 1.29 is 19.3 Å². The highest BCUT2D eigenvalue weighted by Gasteiger charge is 2.38. The van der Waals surface area contributed by atoms with Crippen LogP contribution in [0.3, 0.4) is 0 Å². The molecule has 1 atom stereocenters. The SMILES string of the molecule is COC(OC)(c1cccc(Oc2ccccc2)c1)C(C)O. The van der Waals surface area contributed by atoms with Crippen LogP contribution in [0.4, 0.5) is 0 Å². The van der Waals surface area contributed by atoms with E-state index in [-0.39, 0.29) is 0 Å². The fraction of sp³-hybridized carbons (Fsp3) is 0.294. The van der Waals surface area contributed by atoms with Crippen molar-refractivity contribution in [3.8, 4) is 11.5 Å². The average molecular weight is 288 g/mol. The van der Waals surface area contributed by atoms with Crippen molar-refractivity contribution in [2.75, 3.05) is 14.2 Å². The van der Waals surface area contributed by atoms with E-state index in [1.54, 1.807) is 13.0 Å². The topological polar surface area (TPSA) is 47.9 Å². The van der Waals surface area contributed by atoms with Crippen LogP contribution in [-0.4, -0.2) is 25.4 Å². The zero-order chi connectivity index (χ0) is 15.3. The molecule has 2 rings (SSSR count). The highest BCUT2D eigenvalue weighted by atomic mass is 16.7. The van der Waals surface area contributed by atoms with Gasteiger partial charge < -0.3 is 19.3 Å². The third-order valence-corrected chi connectivity index (χ3v) is 3.37. The molecular weight excluding hydrogens is 268 g/mol. The number of hydrogen-bond acceptors (Lipinski definition) is 4. The van der Waals surface area contributed by atoms with Crippen LogP contribution in [0, 0.1) is 0 Å². The van der Waals surface area contributed by atoms with Gasteiger partial charge in [0.1, 0.15) is 17.6 Å². The van der Waals surface area contributed by atoms with Crippen molar-refractivity contribution in [1.82, 2.24) is 0 Å². The van der Waals surface area contributed by atoms with Gasteiger partial charge in [-0.25, -0.2) is 0 Å². The van der Waals surface area contributed by atoms with Crippen molar-refractivity contribution >= 4 is 0 Å². The van der Waals surface area contributed by atoms with E-state index >= 15 is 0 Å². The first-order chi connectivity index (χ1) is 10.1. The number of benzene rings is 2. The molecule has 0 spiro atoms. The van der Waals surface area contributed by atoms with Crippen LogP contribution in [0.1, 0.15) is 12.5 Å². The number of para-hydroxylation sites is 1. The van der Waals surface area contributed by atoms with Gasteiger partial charge in [0.25, 0.3) is 0 Å². The van der Waals surface area contributed by atoms with Gasteiger partial charge in [0.05, 0.1) is 0 Å². The van der Waals surface area contributed by atoms with Crippen LogP contribution < -0.4 is 4.74 Å². The molecule has 0 aliphatic rings. The maximum atomic E-state index is 10.0. The largest absolute Gasteiger partial charge is 0.457 e. The summed E-state index contributed by atoms with van der Waals surface area (Å²) in [5, 5.41) is 10.0. The summed E-state index contributed by atoms with van der Waals surface area (Å²) in [6.07, 6.45) is -0.834. The summed E-state index contributed by atoms with van der Waals surface area (Å²) in [6, 6.07) is 16.8. The molecule has 112 valence electrons. The Morgan fingerprint density at radius 2 is 1.52 bits per heavy atom. The molecule has 1 unspecified atom stereocenters. The standard InChI is InChI=1S/C17H20O4/c1-13(18)17(19-2,20-3)14-8-7-11-16(12-14)21-15-9-5-4-6-10-15/h4-13,18H,1-3H3. The monoisotopic (exact) mass is 288 g/mol. The summed E-state index contributed by atoms with van der Waals surface area (Å²) < 4.78 is 16.6. The second-order valence-corrected chi connectivity index (χ2v) is 4.69. The molecule has 1 N–H and O–H groups in total. The summed E-state index contributed by atoms with van der Waals surface area (Å²) in [5.74, 6) is 0.181. The van der Waals surface area contributed by atoms with Crippen LogP contribution in [0.25, 0.3) is 0 Å². The van der Waals surface area contributed by atoms with Gasteiger partial charge in [-0.15, -0.1) is 0 Å². The number of methoxy groups -OCH3 is 2. The summed E-state index contributed by atoms with van der Waals surface area (Å²) in [7, 11) is 3.00. The molecule has 0 aromatic heterocycles. The average Bonchev–Trinajstić information content (AvgIpc) is 2.50. The molecule has 0 saturated heterocycles. The fourth-order valence-corrected chi connectivity index (χ4v) is 2.30. The van der Waals surface area contributed by atoms with Crippen molar-refractivity contribution in [3.05, 3.63) is 60.2 Å². The lowest BCUT2D eigenvalue weighted by Crippen LogP contribution is -2.41. The van der Waals surface area contributed by atoms with Gasteiger partial charge in [0.2, 0.25) is 5.79 Å². The highest BCUT2D eigenvalue weighted by molar-refractivity contribution is 5.36. The second kappa shape index (κ2) is 6.72. The van der Waals surface area contributed by atoms with E-state index in [4.69, 9.17) is 14.2 Å². The molecule has 2 aromatic carbocycles. The predicted octanol–water partition coefficient (Wildman–Crippen LogP) is 3.31. The van der Waals surface area contributed by atoms with Crippen molar-refractivity contribution in [2.45, 2.75) is 18.8 Å². The molecule has 4 nitrogen and oxygen atoms in total. The van der Waals surface area contributed by atoms with Crippen molar-refractivity contribution in [3.63, 3.8) is 0 Å². The minimum atomic E-state index is -1.21. The van der Waals surface area contributed by atoms with Gasteiger partial charge in [0.15, 0.2) is 0 Å². The first-order valence-corrected chi connectivity index (χ1v) is 6.74. The van der Waals surface area contributed by atoms with Gasteiger partial charge in [0, 0.05) is 19.8 Å². The Morgan fingerprint density at radius 1 is 0.905 bits per heavy atom. The van der Waals surface area contributed by atoms with Crippen molar-refractivity contribution in [1.29, 1.82) is 0 Å². The minimum absolute atomic E-state index is 0.651. The maximum absolute atomic E-state index is 10.0. The number of hydrogen-bond donors (Lipinski definition) is 1. The molecule has 4 heteroatoms. The molecule has 0 radical (unpaired) electrons. The third kappa shape index (κ3) is 3.24. The predicted molar refractivity (Wildman–Crippen MR) is 80.3 cm³/mol. The summed E-state index contributed by atoms with van der Waals surface area (Å²) >= 11 is 0. The van der Waals surface area contributed by atoms with Crippen LogP contribution in [-0.2, 0) is 15.3 Å². The minimum Gasteiger partial charge on any atom is -0.457 e. The summed E-state index contributed by atoms with van der Waals surface area (Å²) in [4.78, 5) is 0. The van der Waals surface area contributed by atoms with E-state index in [0.717, 1.165) is 5.75 Å². The smallest absolute Gasteiger partial charge is 0.221 e. The Bertz CT molecular complexity index is 562. The van der Waals surface area contributed by atoms with Gasteiger partial charge in [-0.2, -0.15) is 0 Å². The number of aliphatic hydroxyl groups excluding tert-OH is 1. The summed E-state index contributed by atoms with van der Waals surface area (Å²) in [5.41, 5.74) is 0.691. The first kappa shape index (κ1) is 15.5. The van der Waals surface area contributed by atoms with E-state index in [9.17, 15) is 5.11 Å². The third-order valence-electron chi connectivity index (χ3n) is 3.37. The molecule has 0 fully saturated rings. The molecule has 0 saturated carbocycles. The van der Waals surface area contributed by atoms with Gasteiger partial charge in [-0.3, -0.25) is 0 Å². The lowest BCUT2D eigenvalue weighted by atomic mass is 10.0. The quantitative estimate of drug-likeness (QED) is 0.828. The van der Waals surface area contributed by atoms with Crippen LogP contribution in [0.2, 0.25) is 0 Å². The van der Waals surface area contributed by atoms with Crippen molar-refractivity contribution in [2.24, 2.45) is 0 Å². The summed E-state index contributed by atoms with van der Waals surface area (Å²) in [6.45, 7) is 1.62. The number of aliphatic hydroxyl groups is 1. The normalized spacial score (nSPS) is 13.0.